The molecule has 0 aromatic heterocycles. The van der Waals surface area contributed by atoms with Gasteiger partial charge in [0.15, 0.2) is 0 Å². The van der Waals surface area contributed by atoms with E-state index in [1.807, 2.05) is 0 Å². The van der Waals surface area contributed by atoms with Gasteiger partial charge in [0, 0.05) is 0 Å². The third-order valence-electron chi connectivity index (χ3n) is 0.799. The molecule has 1 heteroatoms. The molecule has 7 heavy (non-hydrogen) atoms. The number of rotatable bonds is 2. The van der Waals surface area contributed by atoms with Crippen LogP contribution in [0, 0.1) is 0 Å². The Hall–Kier alpha value is -0.560. The number of hydrogen-bond acceptors (Lipinski definition) is 1. The Bertz CT molecular complexity index is 82.2. The molecule has 0 spiro atoms. The third kappa shape index (κ3) is 2.18. The van der Waals surface area contributed by atoms with Crippen molar-refractivity contribution in [3.8, 4) is 0 Å². The molecule has 0 radical (unpaired) electrons. The number of aliphatic hydroxyl groups excluding tert-OH is 1. The van der Waals surface area contributed by atoms with E-state index in [-0.39, 0.29) is 0 Å². The van der Waals surface area contributed by atoms with E-state index in [4.69, 9.17) is 5.11 Å². The van der Waals surface area contributed by atoms with Crippen molar-refractivity contribution in [2.24, 2.45) is 0 Å². The molecule has 40 valence electrons. The van der Waals surface area contributed by atoms with Gasteiger partial charge in [-0.05, 0) is 12.5 Å². The van der Waals surface area contributed by atoms with E-state index in [0.29, 0.717) is 5.57 Å². The second-order valence-electron chi connectivity index (χ2n) is 1.46. The highest BCUT2D eigenvalue weighted by Gasteiger charge is 1.92. The lowest BCUT2D eigenvalue weighted by Crippen LogP contribution is -1.99. The quantitative estimate of drug-likeness (QED) is 0.513. The fourth-order valence-corrected chi connectivity index (χ4v) is 0.171. The Labute approximate surface area is 44.0 Å². The van der Waals surface area contributed by atoms with Crippen molar-refractivity contribution >= 4 is 0 Å². The molecule has 0 heterocycles. The van der Waals surface area contributed by atoms with Crippen molar-refractivity contribution in [1.29, 1.82) is 0 Å². The number of hydrogen-bond donors (Lipinski definition) is 1. The van der Waals surface area contributed by atoms with Crippen LogP contribution in [0.5, 0.6) is 0 Å². The molecule has 0 fully saturated rings. The predicted molar refractivity (Wildman–Crippen MR) is 31.0 cm³/mol. The molecular formula is C6H10O. The van der Waals surface area contributed by atoms with Crippen molar-refractivity contribution in [3.05, 3.63) is 24.8 Å². The maximum absolute atomic E-state index is 8.65. The zero-order valence-electron chi connectivity index (χ0n) is 4.52. The van der Waals surface area contributed by atoms with Crippen LogP contribution in [-0.2, 0) is 0 Å². The highest BCUT2D eigenvalue weighted by molar-refractivity contribution is 5.14. The van der Waals surface area contributed by atoms with E-state index in [1.165, 1.54) is 0 Å². The summed E-state index contributed by atoms with van der Waals surface area (Å²) >= 11 is 0. The first kappa shape index (κ1) is 6.44. The lowest BCUT2D eigenvalue weighted by Gasteiger charge is -1.98. The lowest BCUT2D eigenvalue weighted by atomic mass is 10.2. The van der Waals surface area contributed by atoms with Crippen LogP contribution >= 0.6 is 0 Å². The Balaban J connectivity index is 3.56. The first-order valence-electron chi connectivity index (χ1n) is 2.17. The largest absolute Gasteiger partial charge is 0.389 e. The summed E-state index contributed by atoms with van der Waals surface area (Å²) in [4.78, 5) is 0. The average Bonchev–Trinajstić information content (AvgIpc) is 1.65. The zero-order valence-corrected chi connectivity index (χ0v) is 4.52. The Kier molecular flexibility index (Phi) is 2.38. The van der Waals surface area contributed by atoms with Crippen LogP contribution in [0.3, 0.4) is 0 Å². The Morgan fingerprint density at radius 3 is 2.29 bits per heavy atom. The van der Waals surface area contributed by atoms with Gasteiger partial charge >= 0.3 is 0 Å². The summed E-state index contributed by atoms with van der Waals surface area (Å²) in [5.74, 6) is 0. The first-order valence-corrected chi connectivity index (χ1v) is 2.17. The summed E-state index contributed by atoms with van der Waals surface area (Å²) in [7, 11) is 0. The van der Waals surface area contributed by atoms with E-state index in [2.05, 4.69) is 13.2 Å². The van der Waals surface area contributed by atoms with E-state index in [1.54, 1.807) is 13.0 Å². The van der Waals surface area contributed by atoms with Crippen LogP contribution in [0.1, 0.15) is 6.92 Å². The maximum Gasteiger partial charge on any atom is 0.0756 e. The average molecular weight is 98.1 g/mol. The molecule has 0 aliphatic heterocycles. The molecule has 1 N–H and O–H groups in total. The van der Waals surface area contributed by atoms with Crippen molar-refractivity contribution < 1.29 is 5.11 Å². The molecule has 1 atom stereocenters. The maximum atomic E-state index is 8.65. The highest BCUT2D eigenvalue weighted by Crippen LogP contribution is 1.96. The Morgan fingerprint density at radius 1 is 1.86 bits per heavy atom. The van der Waals surface area contributed by atoms with E-state index >= 15 is 0 Å². The molecule has 0 aromatic rings. The van der Waals surface area contributed by atoms with Gasteiger partial charge in [0.25, 0.3) is 0 Å². The van der Waals surface area contributed by atoms with Gasteiger partial charge in [-0.2, -0.15) is 0 Å². The second-order valence-corrected chi connectivity index (χ2v) is 1.46. The molecular weight excluding hydrogens is 88.1 g/mol. The third-order valence-corrected chi connectivity index (χ3v) is 0.799. The minimum absolute atomic E-state index is 0.447. The molecule has 0 bridgehead atoms. The fraction of sp³-hybridized carbons (Fsp3) is 0.333. The summed E-state index contributed by atoms with van der Waals surface area (Å²) in [6.45, 7) is 8.58. The fourth-order valence-electron chi connectivity index (χ4n) is 0.171. The Morgan fingerprint density at radius 2 is 2.29 bits per heavy atom. The zero-order chi connectivity index (χ0) is 5.86. The molecule has 0 amide bonds. The molecule has 0 rings (SSSR count). The van der Waals surface area contributed by atoms with Crippen LogP contribution in [0.4, 0.5) is 0 Å². The molecule has 0 aromatic carbocycles. The van der Waals surface area contributed by atoms with Gasteiger partial charge in [0.05, 0.1) is 6.10 Å². The van der Waals surface area contributed by atoms with Crippen molar-refractivity contribution in [2.75, 3.05) is 0 Å². The van der Waals surface area contributed by atoms with Gasteiger partial charge in [-0.25, -0.2) is 0 Å². The van der Waals surface area contributed by atoms with Gasteiger partial charge in [0.1, 0.15) is 0 Å². The van der Waals surface area contributed by atoms with E-state index < -0.39 is 6.10 Å². The van der Waals surface area contributed by atoms with Crippen molar-refractivity contribution in [3.63, 3.8) is 0 Å². The normalized spacial score (nSPS) is 12.9. The minimum Gasteiger partial charge on any atom is -0.389 e. The van der Waals surface area contributed by atoms with Crippen molar-refractivity contribution in [2.45, 2.75) is 13.0 Å². The monoisotopic (exact) mass is 98.1 g/mol. The van der Waals surface area contributed by atoms with Crippen LogP contribution < -0.4 is 0 Å². The second kappa shape index (κ2) is 2.59. The van der Waals surface area contributed by atoms with Crippen molar-refractivity contribution in [1.82, 2.24) is 0 Å². The number of aliphatic hydroxyl groups is 1. The van der Waals surface area contributed by atoms with Gasteiger partial charge < -0.3 is 5.11 Å². The van der Waals surface area contributed by atoms with Gasteiger partial charge in [-0.3, -0.25) is 0 Å². The summed E-state index contributed by atoms with van der Waals surface area (Å²) in [5.41, 5.74) is 0.667. The predicted octanol–water partition coefficient (Wildman–Crippen LogP) is 1.11. The molecule has 1 nitrogen and oxygen atoms in total. The first-order chi connectivity index (χ1) is 3.18. The molecule has 0 aliphatic rings. The molecule has 0 saturated carbocycles. The molecule has 0 saturated heterocycles. The summed E-state index contributed by atoms with van der Waals surface area (Å²) in [6.07, 6.45) is 1.10. The minimum atomic E-state index is -0.447. The van der Waals surface area contributed by atoms with Gasteiger partial charge in [0.2, 0.25) is 0 Å². The summed E-state index contributed by atoms with van der Waals surface area (Å²) in [5, 5.41) is 8.65. The van der Waals surface area contributed by atoms with Crippen LogP contribution in [0.2, 0.25) is 0 Å². The van der Waals surface area contributed by atoms with Crippen LogP contribution in [-0.4, -0.2) is 11.2 Å². The molecule has 0 aliphatic carbocycles. The highest BCUT2D eigenvalue weighted by atomic mass is 16.3. The standard InChI is InChI=1S/C6H10O/c1-4-5(2)6(3)7/h4,6-7H,1-2H2,3H3. The SMILES string of the molecule is C=CC(=C)C(C)O. The smallest absolute Gasteiger partial charge is 0.0756 e. The lowest BCUT2D eigenvalue weighted by molar-refractivity contribution is 0.236. The van der Waals surface area contributed by atoms with Crippen LogP contribution in [0.25, 0.3) is 0 Å². The van der Waals surface area contributed by atoms with Gasteiger partial charge in [-0.15, -0.1) is 0 Å². The van der Waals surface area contributed by atoms with E-state index in [9.17, 15) is 0 Å². The summed E-state index contributed by atoms with van der Waals surface area (Å²) < 4.78 is 0. The topological polar surface area (TPSA) is 20.2 Å². The van der Waals surface area contributed by atoms with Crippen LogP contribution in [0.15, 0.2) is 24.8 Å². The molecule has 1 unspecified atom stereocenters. The summed E-state index contributed by atoms with van der Waals surface area (Å²) in [6, 6.07) is 0. The van der Waals surface area contributed by atoms with Gasteiger partial charge in [-0.1, -0.05) is 19.2 Å². The van der Waals surface area contributed by atoms with E-state index in [0.717, 1.165) is 0 Å².